The molecule has 7 nitrogen and oxygen atoms in total. The largest absolute Gasteiger partial charge is 0.497 e. The molecule has 0 heterocycles. The first kappa shape index (κ1) is 22.0. The molecule has 0 aromatic heterocycles. The Hall–Kier alpha value is -3.32. The molecule has 2 aromatic carbocycles. The van der Waals surface area contributed by atoms with E-state index in [1.165, 1.54) is 13.2 Å². The Morgan fingerprint density at radius 1 is 0.931 bits per heavy atom. The van der Waals surface area contributed by atoms with Crippen LogP contribution in [0, 0.1) is 10.1 Å². The Labute approximate surface area is 170 Å². The lowest BCUT2D eigenvalue weighted by Crippen LogP contribution is -2.01. The summed E-state index contributed by atoms with van der Waals surface area (Å²) in [6.45, 7) is 1.26. The maximum atomic E-state index is 10.7. The minimum atomic E-state index is -0.511. The molecule has 0 atom stereocenters. The van der Waals surface area contributed by atoms with Crippen LogP contribution in [0.2, 0.25) is 0 Å². The molecule has 2 aromatic rings. The number of rotatable bonds is 11. The summed E-state index contributed by atoms with van der Waals surface area (Å²) in [4.78, 5) is 10.2. The molecule has 0 aliphatic carbocycles. The van der Waals surface area contributed by atoms with Crippen molar-refractivity contribution in [2.75, 3.05) is 34.5 Å². The lowest BCUT2D eigenvalue weighted by atomic mass is 10.0. The Kier molecular flexibility index (Phi) is 8.72. The van der Waals surface area contributed by atoms with Gasteiger partial charge in [0, 0.05) is 37.8 Å². The van der Waals surface area contributed by atoms with Gasteiger partial charge in [-0.15, -0.1) is 0 Å². The number of benzene rings is 2. The summed E-state index contributed by atoms with van der Waals surface area (Å²) in [7, 11) is 4.73. The molecule has 0 saturated carbocycles. The fraction of sp³-hybridized carbons (Fsp3) is 0.273. The topological polar surface area (TPSA) is 80.1 Å². The molecule has 0 bridgehead atoms. The van der Waals surface area contributed by atoms with E-state index in [9.17, 15) is 10.1 Å². The Balaban J connectivity index is 2.22. The molecule has 154 valence electrons. The Bertz CT molecular complexity index is 858. The smallest absolute Gasteiger partial charge is 0.235 e. The number of hydrogen-bond acceptors (Lipinski definition) is 6. The molecule has 2 rings (SSSR count). The van der Waals surface area contributed by atoms with Crippen LogP contribution < -0.4 is 14.2 Å². The van der Waals surface area contributed by atoms with Crippen molar-refractivity contribution in [2.45, 2.75) is 6.42 Å². The quantitative estimate of drug-likeness (QED) is 0.239. The van der Waals surface area contributed by atoms with Gasteiger partial charge < -0.3 is 18.9 Å². The summed E-state index contributed by atoms with van der Waals surface area (Å²) in [6, 6.07) is 11.1. The van der Waals surface area contributed by atoms with Crippen LogP contribution in [0.5, 0.6) is 17.2 Å². The second-order valence-electron chi connectivity index (χ2n) is 6.03. The van der Waals surface area contributed by atoms with Crippen molar-refractivity contribution in [1.29, 1.82) is 0 Å². The van der Waals surface area contributed by atoms with E-state index >= 15 is 0 Å². The van der Waals surface area contributed by atoms with Crippen LogP contribution in [0.4, 0.5) is 0 Å². The summed E-state index contributed by atoms with van der Waals surface area (Å²) in [5, 5.41) is 10.7. The fourth-order valence-electron chi connectivity index (χ4n) is 2.61. The molecule has 0 N–H and O–H groups in total. The zero-order chi connectivity index (χ0) is 21.1. The highest BCUT2D eigenvalue weighted by Crippen LogP contribution is 2.31. The van der Waals surface area contributed by atoms with Gasteiger partial charge >= 0.3 is 0 Å². The number of nitro groups is 1. The lowest BCUT2D eigenvalue weighted by Gasteiger charge is -2.11. The molecule has 0 unspecified atom stereocenters. The van der Waals surface area contributed by atoms with Gasteiger partial charge in [0.25, 0.3) is 0 Å². The van der Waals surface area contributed by atoms with E-state index < -0.39 is 4.92 Å². The van der Waals surface area contributed by atoms with E-state index in [-0.39, 0.29) is 0 Å². The zero-order valence-corrected chi connectivity index (χ0v) is 16.8. The fourth-order valence-corrected chi connectivity index (χ4v) is 2.61. The number of ether oxygens (including phenoxy) is 4. The summed E-state index contributed by atoms with van der Waals surface area (Å²) in [5.41, 5.74) is 2.29. The van der Waals surface area contributed by atoms with Crippen LogP contribution in [-0.4, -0.2) is 39.5 Å². The molecule has 0 saturated heterocycles. The van der Waals surface area contributed by atoms with Crippen LogP contribution in [0.25, 0.3) is 18.2 Å². The summed E-state index contributed by atoms with van der Waals surface area (Å²) < 4.78 is 21.3. The maximum Gasteiger partial charge on any atom is 0.235 e. The van der Waals surface area contributed by atoms with Crippen molar-refractivity contribution in [3.05, 3.63) is 69.4 Å². The highest BCUT2D eigenvalue weighted by molar-refractivity contribution is 5.78. The SMILES string of the molecule is COCCCOc1ccc(/C=C/c2cc(OC)cc(OC)c2/C=C/[N+](=O)[O-])cc1. The third-order valence-corrected chi connectivity index (χ3v) is 4.06. The van der Waals surface area contributed by atoms with Crippen LogP contribution in [0.1, 0.15) is 23.1 Å². The van der Waals surface area contributed by atoms with Crippen molar-refractivity contribution in [3.63, 3.8) is 0 Å². The third kappa shape index (κ3) is 6.97. The van der Waals surface area contributed by atoms with Gasteiger partial charge in [0.2, 0.25) is 6.20 Å². The number of nitrogens with zero attached hydrogens (tertiary/aromatic N) is 1. The van der Waals surface area contributed by atoms with Gasteiger partial charge in [0.1, 0.15) is 17.2 Å². The van der Waals surface area contributed by atoms with E-state index in [1.807, 2.05) is 36.4 Å². The minimum absolute atomic E-state index is 0.488. The molecule has 0 radical (unpaired) electrons. The normalized spacial score (nSPS) is 11.1. The van der Waals surface area contributed by atoms with E-state index in [2.05, 4.69) is 0 Å². The maximum absolute atomic E-state index is 10.7. The molecule has 0 spiro atoms. The van der Waals surface area contributed by atoms with Crippen LogP contribution >= 0.6 is 0 Å². The molecular formula is C22H25NO6. The molecule has 7 heteroatoms. The summed E-state index contributed by atoms with van der Waals surface area (Å²) in [6.07, 6.45) is 6.90. The zero-order valence-electron chi connectivity index (χ0n) is 16.8. The van der Waals surface area contributed by atoms with Crippen LogP contribution in [-0.2, 0) is 4.74 Å². The monoisotopic (exact) mass is 399 g/mol. The first-order chi connectivity index (χ1) is 14.1. The molecule has 0 aliphatic rings. The standard InChI is InChI=1S/C22H25NO6/c1-26-13-4-14-29-19-9-6-17(7-10-19)5-8-18-15-20(27-2)16-22(28-3)21(18)11-12-23(24)25/h5-12,15-16H,4,13-14H2,1-3H3/b8-5+,12-11+. The number of hydrogen-bond donors (Lipinski definition) is 0. The van der Waals surface area contributed by atoms with Gasteiger partial charge in [-0.25, -0.2) is 0 Å². The Morgan fingerprint density at radius 3 is 2.31 bits per heavy atom. The summed E-state index contributed by atoms with van der Waals surface area (Å²) >= 11 is 0. The first-order valence-electron chi connectivity index (χ1n) is 9.05. The van der Waals surface area contributed by atoms with E-state index in [0.717, 1.165) is 29.5 Å². The molecule has 0 fully saturated rings. The van der Waals surface area contributed by atoms with Crippen molar-refractivity contribution in [2.24, 2.45) is 0 Å². The van der Waals surface area contributed by atoms with Crippen molar-refractivity contribution < 1.29 is 23.9 Å². The molecule has 0 aliphatic heterocycles. The second kappa shape index (κ2) is 11.5. The van der Waals surface area contributed by atoms with E-state index in [0.29, 0.717) is 30.3 Å². The van der Waals surface area contributed by atoms with Crippen molar-refractivity contribution in [1.82, 2.24) is 0 Å². The molecule has 29 heavy (non-hydrogen) atoms. The van der Waals surface area contributed by atoms with Gasteiger partial charge in [-0.2, -0.15) is 0 Å². The van der Waals surface area contributed by atoms with E-state index in [1.54, 1.807) is 26.4 Å². The van der Waals surface area contributed by atoms with Gasteiger partial charge in [0.15, 0.2) is 0 Å². The average Bonchev–Trinajstić information content (AvgIpc) is 2.74. The van der Waals surface area contributed by atoms with Gasteiger partial charge in [-0.05, 0) is 29.3 Å². The van der Waals surface area contributed by atoms with E-state index in [4.69, 9.17) is 18.9 Å². The highest BCUT2D eigenvalue weighted by Gasteiger charge is 2.09. The van der Waals surface area contributed by atoms with Gasteiger partial charge in [0.05, 0.1) is 25.7 Å². The van der Waals surface area contributed by atoms with Crippen molar-refractivity contribution >= 4 is 18.2 Å². The molecule has 0 amide bonds. The van der Waals surface area contributed by atoms with Gasteiger partial charge in [-0.3, -0.25) is 10.1 Å². The lowest BCUT2D eigenvalue weighted by molar-refractivity contribution is -0.400. The van der Waals surface area contributed by atoms with Crippen molar-refractivity contribution in [3.8, 4) is 17.2 Å². The highest BCUT2D eigenvalue weighted by atomic mass is 16.6. The predicted octanol–water partition coefficient (Wildman–Crippen LogP) is 4.54. The predicted molar refractivity (Wildman–Crippen MR) is 113 cm³/mol. The average molecular weight is 399 g/mol. The number of methoxy groups -OCH3 is 3. The van der Waals surface area contributed by atoms with Gasteiger partial charge in [-0.1, -0.05) is 24.3 Å². The third-order valence-electron chi connectivity index (χ3n) is 4.06. The van der Waals surface area contributed by atoms with Crippen LogP contribution in [0.15, 0.2) is 42.6 Å². The second-order valence-corrected chi connectivity index (χ2v) is 6.03. The first-order valence-corrected chi connectivity index (χ1v) is 9.05. The molecular weight excluding hydrogens is 374 g/mol. The minimum Gasteiger partial charge on any atom is -0.497 e. The van der Waals surface area contributed by atoms with Crippen LogP contribution in [0.3, 0.4) is 0 Å². The Morgan fingerprint density at radius 2 is 1.69 bits per heavy atom. The summed E-state index contributed by atoms with van der Waals surface area (Å²) in [5.74, 6) is 1.87.